The molecule has 0 saturated carbocycles. The van der Waals surface area contributed by atoms with Gasteiger partial charge in [0.15, 0.2) is 0 Å². The summed E-state index contributed by atoms with van der Waals surface area (Å²) in [6.07, 6.45) is 0. The quantitative estimate of drug-likeness (QED) is 0.636. The average Bonchev–Trinajstić information content (AvgIpc) is 2.34. The van der Waals surface area contributed by atoms with Crippen LogP contribution in [0.1, 0.15) is 22.3 Å². The van der Waals surface area contributed by atoms with E-state index in [1.807, 2.05) is 0 Å². The lowest BCUT2D eigenvalue weighted by Gasteiger charge is -2.28. The summed E-state index contributed by atoms with van der Waals surface area (Å²) in [5.74, 6) is 0. The SMILES string of the molecule is C[NH+]1Cc2ccc3c4c(ccc(c24)C1)C[NH+](C)C3. The third kappa shape index (κ3) is 1.36. The normalized spacial score (nSPS) is 19.4. The van der Waals surface area contributed by atoms with Crippen molar-refractivity contribution in [3.63, 3.8) is 0 Å². The van der Waals surface area contributed by atoms with Crippen LogP contribution in [0.4, 0.5) is 0 Å². The molecule has 0 amide bonds. The summed E-state index contributed by atoms with van der Waals surface area (Å²) in [5, 5.41) is 3.17. The Kier molecular flexibility index (Phi) is 2.08. The van der Waals surface area contributed by atoms with E-state index in [9.17, 15) is 0 Å². The van der Waals surface area contributed by atoms with Crippen molar-refractivity contribution in [2.45, 2.75) is 26.2 Å². The first-order valence-corrected chi connectivity index (χ1v) is 6.90. The zero-order valence-electron chi connectivity index (χ0n) is 11.1. The Labute approximate surface area is 108 Å². The third-order valence-electron chi connectivity index (χ3n) is 4.47. The zero-order valence-corrected chi connectivity index (χ0v) is 11.1. The highest BCUT2D eigenvalue weighted by Gasteiger charge is 2.25. The van der Waals surface area contributed by atoms with Gasteiger partial charge >= 0.3 is 0 Å². The van der Waals surface area contributed by atoms with Crippen molar-refractivity contribution < 1.29 is 9.80 Å². The maximum Gasteiger partial charge on any atom is 0.103 e. The molecule has 2 N–H and O–H groups in total. The van der Waals surface area contributed by atoms with Crippen molar-refractivity contribution in [2.24, 2.45) is 0 Å². The number of rotatable bonds is 0. The van der Waals surface area contributed by atoms with Gasteiger partial charge in [0, 0.05) is 33.0 Å². The van der Waals surface area contributed by atoms with Gasteiger partial charge in [-0.2, -0.15) is 0 Å². The molecular weight excluding hydrogens is 220 g/mol. The Balaban J connectivity index is 2.09. The summed E-state index contributed by atoms with van der Waals surface area (Å²) in [6.45, 7) is 4.71. The van der Waals surface area contributed by atoms with E-state index in [1.54, 1.807) is 42.8 Å². The first-order chi connectivity index (χ1) is 8.72. The largest absolute Gasteiger partial charge is 0.330 e. The summed E-state index contributed by atoms with van der Waals surface area (Å²) in [5.41, 5.74) is 6.20. The molecule has 0 aromatic heterocycles. The Morgan fingerprint density at radius 3 is 1.17 bits per heavy atom. The van der Waals surface area contributed by atoms with Gasteiger partial charge in [0.2, 0.25) is 0 Å². The molecule has 0 bridgehead atoms. The Hall–Kier alpha value is -1.38. The minimum absolute atomic E-state index is 1.18. The maximum atomic E-state index is 2.37. The molecule has 2 aromatic carbocycles. The molecule has 0 spiro atoms. The Morgan fingerprint density at radius 1 is 0.611 bits per heavy atom. The Morgan fingerprint density at radius 2 is 0.889 bits per heavy atom. The molecule has 92 valence electrons. The van der Waals surface area contributed by atoms with Gasteiger partial charge in [-0.05, 0) is 0 Å². The van der Waals surface area contributed by atoms with Gasteiger partial charge in [0.25, 0.3) is 0 Å². The maximum absolute atomic E-state index is 2.37. The molecule has 0 saturated heterocycles. The highest BCUT2D eigenvalue weighted by atomic mass is 15.1. The standard InChI is InChI=1S/C16H18N2/c1-17-7-11-3-5-13-9-18(2)10-14-6-4-12(8-17)15(11)16(13)14/h3-6H,7-10H2,1-2H3/p+2. The number of benzene rings is 2. The molecule has 2 heterocycles. The fourth-order valence-corrected chi connectivity index (χ4v) is 3.81. The van der Waals surface area contributed by atoms with E-state index in [0.717, 1.165) is 0 Å². The lowest BCUT2D eigenvalue weighted by molar-refractivity contribution is -0.909. The van der Waals surface area contributed by atoms with Gasteiger partial charge in [-0.3, -0.25) is 0 Å². The molecule has 4 rings (SSSR count). The molecule has 0 fully saturated rings. The summed E-state index contributed by atoms with van der Waals surface area (Å²) >= 11 is 0. The molecule has 2 aliphatic rings. The summed E-state index contributed by atoms with van der Waals surface area (Å²) in [4.78, 5) is 3.20. The molecule has 2 nitrogen and oxygen atoms in total. The van der Waals surface area contributed by atoms with Gasteiger partial charge in [0.05, 0.1) is 14.1 Å². The van der Waals surface area contributed by atoms with Gasteiger partial charge in [-0.1, -0.05) is 24.3 Å². The van der Waals surface area contributed by atoms with Crippen LogP contribution in [0, 0.1) is 0 Å². The topological polar surface area (TPSA) is 8.88 Å². The van der Waals surface area contributed by atoms with Crippen LogP contribution < -0.4 is 9.80 Å². The summed E-state index contributed by atoms with van der Waals surface area (Å²) < 4.78 is 0. The second-order valence-electron chi connectivity index (χ2n) is 6.14. The van der Waals surface area contributed by atoms with Crippen LogP contribution >= 0.6 is 0 Å². The molecule has 2 aliphatic heterocycles. The lowest BCUT2D eigenvalue weighted by Crippen LogP contribution is -3.07. The molecule has 0 atom stereocenters. The minimum Gasteiger partial charge on any atom is -0.330 e. The van der Waals surface area contributed by atoms with E-state index in [-0.39, 0.29) is 0 Å². The predicted molar refractivity (Wildman–Crippen MR) is 72.5 cm³/mol. The van der Waals surface area contributed by atoms with E-state index >= 15 is 0 Å². The van der Waals surface area contributed by atoms with Crippen molar-refractivity contribution in [1.82, 2.24) is 0 Å². The van der Waals surface area contributed by atoms with E-state index in [4.69, 9.17) is 0 Å². The van der Waals surface area contributed by atoms with Crippen LogP contribution in [0.3, 0.4) is 0 Å². The van der Waals surface area contributed by atoms with Gasteiger partial charge in [-0.25, -0.2) is 0 Å². The molecule has 0 aliphatic carbocycles. The monoisotopic (exact) mass is 240 g/mol. The number of hydrogen-bond acceptors (Lipinski definition) is 0. The molecule has 2 aromatic rings. The van der Waals surface area contributed by atoms with E-state index in [0.29, 0.717) is 0 Å². The third-order valence-corrected chi connectivity index (χ3v) is 4.47. The molecule has 0 unspecified atom stereocenters. The van der Waals surface area contributed by atoms with Crippen LogP contribution in [0.2, 0.25) is 0 Å². The van der Waals surface area contributed by atoms with E-state index < -0.39 is 0 Å². The molecule has 18 heavy (non-hydrogen) atoms. The summed E-state index contributed by atoms with van der Waals surface area (Å²) in [6, 6.07) is 9.47. The first-order valence-electron chi connectivity index (χ1n) is 6.90. The second-order valence-corrected chi connectivity index (χ2v) is 6.14. The van der Waals surface area contributed by atoms with Crippen LogP contribution in [-0.2, 0) is 26.2 Å². The zero-order chi connectivity index (χ0) is 12.3. The van der Waals surface area contributed by atoms with Crippen LogP contribution in [0.5, 0.6) is 0 Å². The lowest BCUT2D eigenvalue weighted by atomic mass is 9.87. The fourth-order valence-electron chi connectivity index (χ4n) is 3.81. The number of hydrogen-bond donors (Lipinski definition) is 2. The number of nitrogens with one attached hydrogen (secondary N) is 2. The highest BCUT2D eigenvalue weighted by Crippen LogP contribution is 2.31. The minimum atomic E-state index is 1.18. The summed E-state index contributed by atoms with van der Waals surface area (Å²) in [7, 11) is 4.58. The van der Waals surface area contributed by atoms with Crippen molar-refractivity contribution in [1.29, 1.82) is 0 Å². The van der Waals surface area contributed by atoms with Crippen LogP contribution in [-0.4, -0.2) is 14.1 Å². The van der Waals surface area contributed by atoms with Crippen molar-refractivity contribution in [3.8, 4) is 0 Å². The smallest absolute Gasteiger partial charge is 0.103 e. The second kappa shape index (κ2) is 3.56. The fraction of sp³-hybridized carbons (Fsp3) is 0.375. The van der Waals surface area contributed by atoms with Crippen molar-refractivity contribution in [2.75, 3.05) is 14.1 Å². The highest BCUT2D eigenvalue weighted by molar-refractivity contribution is 5.94. The predicted octanol–water partition coefficient (Wildman–Crippen LogP) is -0.104. The van der Waals surface area contributed by atoms with Gasteiger partial charge in [-0.15, -0.1) is 0 Å². The molecule has 0 radical (unpaired) electrons. The van der Waals surface area contributed by atoms with Crippen molar-refractivity contribution >= 4 is 10.8 Å². The van der Waals surface area contributed by atoms with Crippen LogP contribution in [0.15, 0.2) is 24.3 Å². The molecule has 2 heteroatoms. The number of quaternary nitrogens is 2. The van der Waals surface area contributed by atoms with Gasteiger partial charge < -0.3 is 9.80 Å². The molecular formula is C16H20N2+2. The average molecular weight is 240 g/mol. The first kappa shape index (κ1) is 10.5. The Bertz CT molecular complexity index is 538. The van der Waals surface area contributed by atoms with Crippen LogP contribution in [0.25, 0.3) is 10.8 Å². The van der Waals surface area contributed by atoms with E-state index in [1.165, 1.54) is 26.2 Å². The van der Waals surface area contributed by atoms with Gasteiger partial charge in [0.1, 0.15) is 26.2 Å². The van der Waals surface area contributed by atoms with E-state index in [2.05, 4.69) is 38.4 Å². The van der Waals surface area contributed by atoms with Crippen molar-refractivity contribution in [3.05, 3.63) is 46.5 Å².